The van der Waals surface area contributed by atoms with Crippen LogP contribution in [0.3, 0.4) is 0 Å². The molecule has 4 N–H and O–H groups in total. The summed E-state index contributed by atoms with van der Waals surface area (Å²) in [6.07, 6.45) is 4.94. The van der Waals surface area contributed by atoms with E-state index in [2.05, 4.69) is 0 Å². The number of aromatic nitrogens is 2. The van der Waals surface area contributed by atoms with Crippen LogP contribution in [0.15, 0.2) is 55.0 Å². The molecule has 0 spiro atoms. The second kappa shape index (κ2) is 9.04. The largest absolute Gasteiger partial charge is 1.00 e. The molecule has 0 aliphatic carbocycles. The Morgan fingerprint density at radius 2 is 1.33 bits per heavy atom. The van der Waals surface area contributed by atoms with Crippen LogP contribution >= 0.6 is 15.2 Å². The number of nitrogens with zero attached hydrogens (tertiary/aromatic N) is 2. The average molecular weight is 417 g/mol. The number of hydrogen-bond donors (Lipinski definition) is 4. The van der Waals surface area contributed by atoms with Gasteiger partial charge in [-0.15, -0.1) is 9.13 Å². The second-order valence-corrected chi connectivity index (χ2v) is 8.66. The van der Waals surface area contributed by atoms with Crippen LogP contribution < -0.4 is 33.9 Å². The van der Waals surface area contributed by atoms with Crippen molar-refractivity contribution >= 4 is 15.2 Å². The molecule has 2 rings (SSSR count). The lowest BCUT2D eigenvalue weighted by molar-refractivity contribution is -0.791. The molecule has 0 aliphatic heterocycles. The highest BCUT2D eigenvalue weighted by Crippen LogP contribution is 2.59. The highest BCUT2D eigenvalue weighted by Gasteiger charge is 2.47. The molecule has 0 aliphatic rings. The summed E-state index contributed by atoms with van der Waals surface area (Å²) in [6, 6.07) is 10.3. The van der Waals surface area contributed by atoms with E-state index in [4.69, 9.17) is 0 Å². The quantitative estimate of drug-likeness (QED) is 0.284. The minimum atomic E-state index is -4.97. The molecule has 2 heterocycles. The molecule has 0 saturated carbocycles. The van der Waals surface area contributed by atoms with E-state index in [1.807, 2.05) is 0 Å². The number of pyridine rings is 2. The molecule has 0 saturated heterocycles. The molecule has 24 heavy (non-hydrogen) atoms. The van der Waals surface area contributed by atoms with Gasteiger partial charge in [0.2, 0.25) is 5.40 Å². The van der Waals surface area contributed by atoms with E-state index in [0.29, 0.717) is 5.82 Å². The first kappa shape index (κ1) is 23.2. The minimum Gasteiger partial charge on any atom is -1.00 e. The maximum absolute atomic E-state index is 11.4. The molecule has 0 amide bonds. The van der Waals surface area contributed by atoms with Crippen molar-refractivity contribution < 1.29 is 62.7 Å². The minimum absolute atomic E-state index is 0. The van der Waals surface area contributed by atoms with Gasteiger partial charge in [0.25, 0.3) is 0 Å². The van der Waals surface area contributed by atoms with Gasteiger partial charge in [-0.2, -0.15) is 0 Å². The first-order valence-corrected chi connectivity index (χ1v) is 9.61. The first-order chi connectivity index (χ1) is 10.2. The van der Waals surface area contributed by atoms with Crippen LogP contribution in [0, 0.1) is 0 Å². The van der Waals surface area contributed by atoms with Gasteiger partial charge >= 0.3 is 21.0 Å². The molecule has 0 atom stereocenters. The average Bonchev–Trinajstić information content (AvgIpc) is 2.43. The number of halogens is 2. The van der Waals surface area contributed by atoms with Crippen molar-refractivity contribution in [3.63, 3.8) is 0 Å². The Labute approximate surface area is 150 Å². The Hall–Kier alpha value is -0.820. The standard InChI is InChI=1S/C12H14N2O6P2.2ClH/c15-21(16,17)12(22(18,19)20)10-14-9-5-2-6-11(14)13-7-3-1-4-8-13;;/h1-9,12H,10H2,(H2-2,15,16,17,18,19,20);2*1H. The van der Waals surface area contributed by atoms with Crippen LogP contribution in [-0.2, 0) is 15.7 Å². The van der Waals surface area contributed by atoms with Gasteiger partial charge in [-0.1, -0.05) is 6.07 Å². The maximum atomic E-state index is 11.4. The van der Waals surface area contributed by atoms with Crippen molar-refractivity contribution in [3.8, 4) is 5.82 Å². The summed E-state index contributed by atoms with van der Waals surface area (Å²) in [7, 11) is -9.93. The fraction of sp³-hybridized carbons (Fsp3) is 0.167. The third-order valence-corrected chi connectivity index (χ3v) is 6.72. The van der Waals surface area contributed by atoms with Crippen LogP contribution in [0.25, 0.3) is 5.82 Å². The Morgan fingerprint density at radius 3 is 1.83 bits per heavy atom. The molecular formula is C12H16Cl2N2O6P2. The normalized spacial score (nSPS) is 11.5. The van der Waals surface area contributed by atoms with Crippen LogP contribution in [0.2, 0.25) is 0 Å². The van der Waals surface area contributed by atoms with E-state index < -0.39 is 27.1 Å². The molecule has 8 nitrogen and oxygen atoms in total. The van der Waals surface area contributed by atoms with E-state index in [-0.39, 0.29) is 24.8 Å². The lowest BCUT2D eigenvalue weighted by atomic mass is 10.4. The fourth-order valence-electron chi connectivity index (χ4n) is 1.99. The highest BCUT2D eigenvalue weighted by molar-refractivity contribution is 7.70. The van der Waals surface area contributed by atoms with E-state index in [9.17, 15) is 28.7 Å². The molecular weight excluding hydrogens is 401 g/mol. The lowest BCUT2D eigenvalue weighted by Gasteiger charge is -2.16. The molecule has 2 aromatic rings. The van der Waals surface area contributed by atoms with Gasteiger partial charge < -0.3 is 44.4 Å². The zero-order valence-corrected chi connectivity index (χ0v) is 15.4. The van der Waals surface area contributed by atoms with Gasteiger partial charge in [-0.05, 0) is 6.07 Å². The lowest BCUT2D eigenvalue weighted by Crippen LogP contribution is -3.00. The molecule has 134 valence electrons. The van der Waals surface area contributed by atoms with Gasteiger partial charge in [0.15, 0.2) is 25.1 Å². The Kier molecular flexibility index (Phi) is 8.73. The fourth-order valence-corrected chi connectivity index (χ4v) is 4.34. The van der Waals surface area contributed by atoms with Gasteiger partial charge in [0.05, 0.1) is 6.07 Å². The Balaban J connectivity index is 0.00000264. The predicted octanol–water partition coefficient (Wildman–Crippen LogP) is -6.06. The molecule has 0 aromatic carbocycles. The van der Waals surface area contributed by atoms with Crippen molar-refractivity contribution in [2.24, 2.45) is 0 Å². The van der Waals surface area contributed by atoms with Crippen molar-refractivity contribution in [1.29, 1.82) is 0 Å². The van der Waals surface area contributed by atoms with Gasteiger partial charge in [-0.25, -0.2) is 0 Å². The van der Waals surface area contributed by atoms with Crippen LogP contribution in [-0.4, -0.2) is 25.0 Å². The van der Waals surface area contributed by atoms with Crippen LogP contribution in [0.4, 0.5) is 0 Å². The molecule has 0 unspecified atom stereocenters. The highest BCUT2D eigenvalue weighted by atomic mass is 35.5. The maximum Gasteiger partial charge on any atom is 0.449 e. The number of rotatable bonds is 5. The van der Waals surface area contributed by atoms with Gasteiger partial charge in [0, 0.05) is 18.2 Å². The summed E-state index contributed by atoms with van der Waals surface area (Å²) >= 11 is 0. The SMILES string of the molecule is O=P(O)(O)C(C[n+]1ccccc1-[n+]1ccccc1)P(=O)(O)O.[Cl-].[Cl-]. The van der Waals surface area contributed by atoms with Gasteiger partial charge in [0.1, 0.15) is 0 Å². The van der Waals surface area contributed by atoms with E-state index in [1.165, 1.54) is 10.8 Å². The Bertz CT molecular complexity index is 730. The predicted molar refractivity (Wildman–Crippen MR) is 76.0 cm³/mol. The Morgan fingerprint density at radius 1 is 0.833 bits per heavy atom. The third-order valence-electron chi connectivity index (χ3n) is 3.03. The third kappa shape index (κ3) is 5.92. The van der Waals surface area contributed by atoms with Crippen LogP contribution in [0.5, 0.6) is 0 Å². The van der Waals surface area contributed by atoms with E-state index in [0.717, 1.165) is 0 Å². The monoisotopic (exact) mass is 416 g/mol. The van der Waals surface area contributed by atoms with Gasteiger partial charge in [-0.3, -0.25) is 9.13 Å². The topological polar surface area (TPSA) is 123 Å². The summed E-state index contributed by atoms with van der Waals surface area (Å²) in [5.74, 6) is 0.523. The molecule has 2 aromatic heterocycles. The van der Waals surface area contributed by atoms with E-state index in [1.54, 1.807) is 53.4 Å². The number of hydrogen-bond acceptors (Lipinski definition) is 2. The smallest absolute Gasteiger partial charge is 0.449 e. The van der Waals surface area contributed by atoms with Crippen LogP contribution in [0.1, 0.15) is 0 Å². The zero-order chi connectivity index (χ0) is 16.4. The molecule has 0 fully saturated rings. The molecule has 0 radical (unpaired) electrons. The summed E-state index contributed by atoms with van der Waals surface area (Å²) in [4.78, 5) is 36.9. The van der Waals surface area contributed by atoms with Crippen molar-refractivity contribution in [2.45, 2.75) is 11.9 Å². The summed E-state index contributed by atoms with van der Waals surface area (Å²) in [5.41, 5.74) is 0. The van der Waals surface area contributed by atoms with Crippen molar-refractivity contribution in [2.75, 3.05) is 0 Å². The van der Waals surface area contributed by atoms with Crippen molar-refractivity contribution in [1.82, 2.24) is 0 Å². The summed E-state index contributed by atoms with van der Waals surface area (Å²) in [5, 5.41) is -2.09. The summed E-state index contributed by atoms with van der Waals surface area (Å²) < 4.78 is 25.9. The van der Waals surface area contributed by atoms with Crippen molar-refractivity contribution in [3.05, 3.63) is 55.0 Å². The van der Waals surface area contributed by atoms with E-state index >= 15 is 0 Å². The first-order valence-electron chi connectivity index (χ1n) is 6.25. The molecule has 12 heteroatoms. The molecule has 0 bridgehead atoms. The summed E-state index contributed by atoms with van der Waals surface area (Å²) in [6.45, 7) is -0.507. The zero-order valence-electron chi connectivity index (χ0n) is 12.1. The second-order valence-electron chi connectivity index (χ2n) is 4.65.